The van der Waals surface area contributed by atoms with Crippen molar-refractivity contribution in [3.63, 3.8) is 0 Å². The van der Waals surface area contributed by atoms with Crippen LogP contribution in [0.1, 0.15) is 15.9 Å². The van der Waals surface area contributed by atoms with Gasteiger partial charge in [-0.15, -0.1) is 0 Å². The first-order chi connectivity index (χ1) is 11.4. The number of para-hydroxylation sites is 1. The number of hydrogen-bond acceptors (Lipinski definition) is 6. The minimum atomic E-state index is -4.66. The molecule has 0 saturated carbocycles. The van der Waals surface area contributed by atoms with Gasteiger partial charge in [0.1, 0.15) is 15.8 Å². The normalized spacial score (nSPS) is 13.5. The topological polar surface area (TPSA) is 123 Å². The summed E-state index contributed by atoms with van der Waals surface area (Å²) in [6, 6.07) is 10.3. The third-order valence-electron chi connectivity index (χ3n) is 3.87. The van der Waals surface area contributed by atoms with Crippen LogP contribution in [0.25, 0.3) is 10.9 Å². The molecular weight excluding hydrogens is 355 g/mol. The van der Waals surface area contributed by atoms with Crippen molar-refractivity contribution in [1.82, 2.24) is 4.98 Å². The Hall–Kier alpha value is -1.97. The van der Waals surface area contributed by atoms with Gasteiger partial charge >= 0.3 is 29.6 Å². The second-order valence-electron chi connectivity index (χ2n) is 5.32. The predicted molar refractivity (Wildman–Crippen MR) is 84.9 cm³/mol. The van der Waals surface area contributed by atoms with Crippen molar-refractivity contribution in [2.45, 2.75) is 4.90 Å². The van der Waals surface area contributed by atoms with E-state index in [2.05, 4.69) is 9.98 Å². The average Bonchev–Trinajstić information content (AvgIpc) is 3.02. The maximum absolute atomic E-state index is 12.5. The van der Waals surface area contributed by atoms with Crippen molar-refractivity contribution in [3.05, 3.63) is 53.6 Å². The minimum absolute atomic E-state index is 0. The number of benzene rings is 2. The molecular formula is C16H9N2NaO5S. The van der Waals surface area contributed by atoms with Crippen molar-refractivity contribution in [2.75, 3.05) is 0 Å². The second-order valence-corrected chi connectivity index (χ2v) is 6.70. The number of H-pyrrole nitrogens is 1. The molecule has 9 heteroatoms. The van der Waals surface area contributed by atoms with Gasteiger partial charge in [0, 0.05) is 16.5 Å². The monoisotopic (exact) mass is 364 g/mol. The van der Waals surface area contributed by atoms with Crippen LogP contribution in [-0.2, 0) is 10.1 Å². The maximum Gasteiger partial charge on any atom is 1.00 e. The number of hydrogen-bond donors (Lipinski definition) is 2. The van der Waals surface area contributed by atoms with Gasteiger partial charge in [-0.2, -0.15) is 0 Å². The first-order valence-corrected chi connectivity index (χ1v) is 8.30. The zero-order valence-corrected chi connectivity index (χ0v) is 15.8. The van der Waals surface area contributed by atoms with E-state index in [0.717, 1.165) is 12.1 Å². The van der Waals surface area contributed by atoms with E-state index in [0.29, 0.717) is 16.8 Å². The van der Waals surface area contributed by atoms with Gasteiger partial charge in [0.2, 0.25) is 5.78 Å². The van der Waals surface area contributed by atoms with Gasteiger partial charge in [-0.25, -0.2) is 13.4 Å². The summed E-state index contributed by atoms with van der Waals surface area (Å²) < 4.78 is 33.7. The average molecular weight is 364 g/mol. The van der Waals surface area contributed by atoms with Crippen LogP contribution < -0.4 is 29.6 Å². The Morgan fingerprint density at radius 2 is 1.84 bits per heavy atom. The molecule has 0 radical (unpaired) electrons. The Morgan fingerprint density at radius 3 is 2.52 bits per heavy atom. The largest absolute Gasteiger partial charge is 1.00 e. The van der Waals surface area contributed by atoms with Crippen molar-refractivity contribution in [2.24, 2.45) is 4.99 Å². The van der Waals surface area contributed by atoms with E-state index >= 15 is 0 Å². The van der Waals surface area contributed by atoms with Crippen molar-refractivity contribution < 1.29 is 52.4 Å². The molecule has 0 atom stereocenters. The first-order valence-electron chi connectivity index (χ1n) is 6.89. The molecule has 2 N–H and O–H groups in total. The summed E-state index contributed by atoms with van der Waals surface area (Å²) in [4.78, 5) is 19.0. The quantitative estimate of drug-likeness (QED) is 0.451. The summed E-state index contributed by atoms with van der Waals surface area (Å²) in [5.41, 5.74) is 1.34. The fraction of sp³-hybridized carbons (Fsp3) is 0. The zero-order valence-electron chi connectivity index (χ0n) is 13.0. The summed E-state index contributed by atoms with van der Waals surface area (Å²) in [5.74, 6) is -0.692. The van der Waals surface area contributed by atoms with Crippen LogP contribution >= 0.6 is 0 Å². The van der Waals surface area contributed by atoms with Gasteiger partial charge < -0.3 is 14.6 Å². The number of nitrogens with zero attached hydrogens (tertiary/aromatic N) is 1. The molecule has 120 valence electrons. The molecule has 7 nitrogen and oxygen atoms in total. The van der Waals surface area contributed by atoms with Gasteiger partial charge in [-0.3, -0.25) is 4.79 Å². The summed E-state index contributed by atoms with van der Waals surface area (Å²) in [6.45, 7) is 0. The summed E-state index contributed by atoms with van der Waals surface area (Å²) in [6.07, 6.45) is 0. The Labute approximate surface area is 164 Å². The Balaban J connectivity index is 0.00000182. The third kappa shape index (κ3) is 2.82. The molecule has 2 heterocycles. The standard InChI is InChI=1S/C16H10N2O5S.Na/c19-15-9-3-1-2-4-11(9)17-14(15)13-10-7-8(24(21,22)23)5-6-12(10)18-16(13)20;/h1-7,18,20H,(H,21,22,23);/q;+1/p-1. The van der Waals surface area contributed by atoms with Crippen LogP contribution in [0.4, 0.5) is 5.69 Å². The molecule has 3 aromatic rings. The number of aliphatic imine (C=N–C) groups is 1. The van der Waals surface area contributed by atoms with E-state index in [9.17, 15) is 22.9 Å². The van der Waals surface area contributed by atoms with Crippen LogP contribution in [0.5, 0.6) is 5.88 Å². The fourth-order valence-electron chi connectivity index (χ4n) is 2.78. The fourth-order valence-corrected chi connectivity index (χ4v) is 3.28. The number of aromatic amines is 1. The maximum atomic E-state index is 12.5. The molecule has 0 aliphatic carbocycles. The van der Waals surface area contributed by atoms with Gasteiger partial charge in [-0.1, -0.05) is 12.1 Å². The van der Waals surface area contributed by atoms with Crippen molar-refractivity contribution in [1.29, 1.82) is 0 Å². The van der Waals surface area contributed by atoms with Gasteiger partial charge in [0.25, 0.3) is 0 Å². The van der Waals surface area contributed by atoms with Gasteiger partial charge in [0.05, 0.1) is 16.1 Å². The van der Waals surface area contributed by atoms with E-state index in [-0.39, 0.29) is 57.9 Å². The molecule has 2 aromatic carbocycles. The predicted octanol–water partition coefficient (Wildman–Crippen LogP) is -0.901. The van der Waals surface area contributed by atoms with E-state index in [4.69, 9.17) is 0 Å². The Bertz CT molecular complexity index is 1160. The summed E-state index contributed by atoms with van der Waals surface area (Å²) >= 11 is 0. The number of fused-ring (bicyclic) bond motifs is 2. The molecule has 4 rings (SSSR count). The van der Waals surface area contributed by atoms with Crippen LogP contribution in [-0.4, -0.2) is 34.6 Å². The van der Waals surface area contributed by atoms with E-state index in [1.807, 2.05) is 0 Å². The molecule has 0 saturated heterocycles. The molecule has 25 heavy (non-hydrogen) atoms. The first kappa shape index (κ1) is 17.8. The smallest absolute Gasteiger partial charge is 0.744 e. The molecule has 0 spiro atoms. The molecule has 1 aliphatic rings. The molecule has 0 unspecified atom stereocenters. The Morgan fingerprint density at radius 1 is 1.12 bits per heavy atom. The molecule has 0 fully saturated rings. The van der Waals surface area contributed by atoms with Crippen LogP contribution in [0.15, 0.2) is 52.4 Å². The van der Waals surface area contributed by atoms with Crippen molar-refractivity contribution in [3.8, 4) is 5.88 Å². The number of carbonyl (C=O) groups is 1. The van der Waals surface area contributed by atoms with Crippen LogP contribution in [0, 0.1) is 0 Å². The molecule has 1 aliphatic heterocycles. The second kappa shape index (κ2) is 6.08. The van der Waals surface area contributed by atoms with Crippen molar-refractivity contribution >= 4 is 38.2 Å². The number of Topliss-reactive ketones (excluding diaryl/α,β-unsaturated/α-hetero) is 1. The van der Waals surface area contributed by atoms with E-state index < -0.39 is 15.0 Å². The zero-order chi connectivity index (χ0) is 17.1. The number of nitrogens with one attached hydrogen (secondary N) is 1. The van der Waals surface area contributed by atoms with Crippen LogP contribution in [0.2, 0.25) is 0 Å². The summed E-state index contributed by atoms with van der Waals surface area (Å²) in [7, 11) is -4.66. The number of ketones is 1. The number of rotatable bonds is 2. The SMILES string of the molecule is O=C1C(c2c(O)[nH]c3ccc(S(=O)(=O)[O-])cc23)=Nc2ccccc21.[Na+]. The number of carbonyl (C=O) groups excluding carboxylic acids is 1. The number of aromatic hydroxyl groups is 1. The van der Waals surface area contributed by atoms with Gasteiger partial charge in [-0.05, 0) is 30.3 Å². The number of aromatic nitrogens is 1. The van der Waals surface area contributed by atoms with Crippen LogP contribution in [0.3, 0.4) is 0 Å². The molecule has 1 aromatic heterocycles. The third-order valence-corrected chi connectivity index (χ3v) is 4.70. The van der Waals surface area contributed by atoms with E-state index in [1.54, 1.807) is 24.3 Å². The molecule has 0 bridgehead atoms. The molecule has 0 amide bonds. The Kier molecular flexibility index (Phi) is 4.34. The minimum Gasteiger partial charge on any atom is -0.744 e. The van der Waals surface area contributed by atoms with Gasteiger partial charge in [0.15, 0.2) is 5.88 Å². The van der Waals surface area contributed by atoms with E-state index in [1.165, 1.54) is 6.07 Å². The summed E-state index contributed by atoms with van der Waals surface area (Å²) in [5, 5.41) is 10.4.